The Morgan fingerprint density at radius 1 is 0.900 bits per heavy atom. The Labute approximate surface area is 124 Å². The van der Waals surface area contributed by atoms with Gasteiger partial charge in [-0.15, -0.1) is 0 Å². The third-order valence-electron chi connectivity index (χ3n) is 3.53. The van der Waals surface area contributed by atoms with Crippen LogP contribution in [0.4, 0.5) is 0 Å². The number of hydrogen-bond acceptors (Lipinski definition) is 1. The molecule has 20 heavy (non-hydrogen) atoms. The summed E-state index contributed by atoms with van der Waals surface area (Å²) in [5, 5.41) is 2.45. The zero-order valence-corrected chi connectivity index (χ0v) is 12.2. The Kier molecular flexibility index (Phi) is 2.60. The van der Waals surface area contributed by atoms with E-state index in [1.165, 1.54) is 10.8 Å². The average molecular weight is 323 g/mol. The number of nitrogens with one attached hydrogen (secondary N) is 1. The molecule has 96 valence electrons. The molecule has 2 aromatic heterocycles. The van der Waals surface area contributed by atoms with Crippen LogP contribution in [0.5, 0.6) is 0 Å². The van der Waals surface area contributed by atoms with Crippen LogP contribution in [0.15, 0.2) is 65.3 Å². The van der Waals surface area contributed by atoms with Crippen LogP contribution in [0, 0.1) is 0 Å². The molecule has 0 atom stereocenters. The molecule has 0 amide bonds. The molecule has 1 N–H and O–H groups in total. The highest BCUT2D eigenvalue weighted by Gasteiger charge is 2.10. The van der Waals surface area contributed by atoms with Gasteiger partial charge in [0, 0.05) is 32.5 Å². The van der Waals surface area contributed by atoms with Gasteiger partial charge in [-0.3, -0.25) is 4.98 Å². The molecular weight excluding hydrogens is 312 g/mol. The first kappa shape index (κ1) is 11.7. The van der Waals surface area contributed by atoms with E-state index in [1.54, 1.807) is 0 Å². The number of rotatable bonds is 1. The molecule has 0 aliphatic rings. The Bertz CT molecular complexity index is 924. The van der Waals surface area contributed by atoms with Crippen LogP contribution in [-0.4, -0.2) is 9.97 Å². The van der Waals surface area contributed by atoms with Gasteiger partial charge in [-0.05, 0) is 24.3 Å². The first-order valence-corrected chi connectivity index (χ1v) is 7.23. The van der Waals surface area contributed by atoms with Crippen molar-refractivity contribution in [2.45, 2.75) is 0 Å². The zero-order valence-electron chi connectivity index (χ0n) is 10.6. The van der Waals surface area contributed by atoms with E-state index in [0.29, 0.717) is 0 Å². The first-order valence-electron chi connectivity index (χ1n) is 6.44. The van der Waals surface area contributed by atoms with Gasteiger partial charge in [0.1, 0.15) is 0 Å². The van der Waals surface area contributed by atoms with E-state index in [0.717, 1.165) is 26.8 Å². The molecular formula is C17H11BrN2. The van der Waals surface area contributed by atoms with Gasteiger partial charge < -0.3 is 4.98 Å². The van der Waals surface area contributed by atoms with Crippen LogP contribution in [0.25, 0.3) is 33.1 Å². The molecule has 0 saturated heterocycles. The fraction of sp³-hybridized carbons (Fsp3) is 0. The standard InChI is InChI=1S/C17H11BrN2/c18-12-5-3-4-11(10-12)16-17-14(8-9-19-16)13-6-1-2-7-15(13)20-17/h1-10,20H. The van der Waals surface area contributed by atoms with Crippen molar-refractivity contribution in [3.8, 4) is 11.3 Å². The van der Waals surface area contributed by atoms with E-state index in [4.69, 9.17) is 0 Å². The molecule has 0 bridgehead atoms. The Balaban J connectivity index is 2.10. The number of aromatic nitrogens is 2. The minimum atomic E-state index is 0.986. The molecule has 0 saturated carbocycles. The molecule has 2 aromatic carbocycles. The summed E-state index contributed by atoms with van der Waals surface area (Å²) in [7, 11) is 0. The van der Waals surface area contributed by atoms with Gasteiger partial charge in [-0.2, -0.15) is 0 Å². The highest BCUT2D eigenvalue weighted by molar-refractivity contribution is 9.10. The lowest BCUT2D eigenvalue weighted by Gasteiger charge is -2.03. The van der Waals surface area contributed by atoms with Gasteiger partial charge in [-0.25, -0.2) is 0 Å². The minimum absolute atomic E-state index is 0.986. The molecule has 2 heterocycles. The maximum absolute atomic E-state index is 4.56. The summed E-state index contributed by atoms with van der Waals surface area (Å²) in [5.41, 5.74) is 4.33. The number of aromatic amines is 1. The largest absolute Gasteiger partial charge is 0.353 e. The van der Waals surface area contributed by atoms with Crippen molar-refractivity contribution in [3.63, 3.8) is 0 Å². The second-order valence-electron chi connectivity index (χ2n) is 4.76. The lowest BCUT2D eigenvalue weighted by atomic mass is 10.1. The first-order chi connectivity index (χ1) is 9.83. The maximum Gasteiger partial charge on any atom is 0.0943 e. The van der Waals surface area contributed by atoms with Gasteiger partial charge in [0.15, 0.2) is 0 Å². The van der Waals surface area contributed by atoms with E-state index < -0.39 is 0 Å². The van der Waals surface area contributed by atoms with Crippen molar-refractivity contribution in [2.24, 2.45) is 0 Å². The molecule has 0 spiro atoms. The van der Waals surface area contributed by atoms with Crippen molar-refractivity contribution in [1.29, 1.82) is 0 Å². The fourth-order valence-electron chi connectivity index (χ4n) is 2.63. The van der Waals surface area contributed by atoms with Crippen molar-refractivity contribution >= 4 is 37.7 Å². The molecule has 0 fully saturated rings. The van der Waals surface area contributed by atoms with E-state index >= 15 is 0 Å². The van der Waals surface area contributed by atoms with Gasteiger partial charge in [0.2, 0.25) is 0 Å². The number of para-hydroxylation sites is 1. The summed E-state index contributed by atoms with van der Waals surface area (Å²) in [6.45, 7) is 0. The molecule has 4 aromatic rings. The van der Waals surface area contributed by atoms with E-state index in [9.17, 15) is 0 Å². The van der Waals surface area contributed by atoms with Crippen LogP contribution in [0.3, 0.4) is 0 Å². The second kappa shape index (κ2) is 4.46. The van der Waals surface area contributed by atoms with Gasteiger partial charge in [0.25, 0.3) is 0 Å². The van der Waals surface area contributed by atoms with Crippen molar-refractivity contribution in [3.05, 3.63) is 65.3 Å². The number of pyridine rings is 1. The Morgan fingerprint density at radius 3 is 2.70 bits per heavy atom. The molecule has 4 rings (SSSR count). The quantitative estimate of drug-likeness (QED) is 0.516. The van der Waals surface area contributed by atoms with Crippen LogP contribution in [-0.2, 0) is 0 Å². The van der Waals surface area contributed by atoms with Gasteiger partial charge in [-0.1, -0.05) is 46.3 Å². The van der Waals surface area contributed by atoms with Crippen LogP contribution in [0.2, 0.25) is 0 Å². The lowest BCUT2D eigenvalue weighted by molar-refractivity contribution is 1.34. The topological polar surface area (TPSA) is 28.7 Å². The summed E-state index contributed by atoms with van der Waals surface area (Å²) in [4.78, 5) is 8.05. The summed E-state index contributed by atoms with van der Waals surface area (Å²) >= 11 is 3.52. The van der Waals surface area contributed by atoms with Crippen molar-refractivity contribution in [2.75, 3.05) is 0 Å². The van der Waals surface area contributed by atoms with E-state index in [-0.39, 0.29) is 0 Å². The molecule has 2 nitrogen and oxygen atoms in total. The van der Waals surface area contributed by atoms with E-state index in [1.807, 2.05) is 24.4 Å². The summed E-state index contributed by atoms with van der Waals surface area (Å²) in [6.07, 6.45) is 1.87. The van der Waals surface area contributed by atoms with Crippen LogP contribution < -0.4 is 0 Å². The second-order valence-corrected chi connectivity index (χ2v) is 5.68. The zero-order chi connectivity index (χ0) is 13.5. The monoisotopic (exact) mass is 322 g/mol. The number of nitrogens with zero attached hydrogens (tertiary/aromatic N) is 1. The van der Waals surface area contributed by atoms with Crippen LogP contribution in [0.1, 0.15) is 0 Å². The lowest BCUT2D eigenvalue weighted by Crippen LogP contribution is -1.85. The highest BCUT2D eigenvalue weighted by Crippen LogP contribution is 2.32. The molecule has 0 radical (unpaired) electrons. The number of halogens is 1. The highest BCUT2D eigenvalue weighted by atomic mass is 79.9. The Morgan fingerprint density at radius 2 is 1.80 bits per heavy atom. The third kappa shape index (κ3) is 1.74. The maximum atomic E-state index is 4.56. The fourth-order valence-corrected chi connectivity index (χ4v) is 3.03. The molecule has 0 unspecified atom stereocenters. The van der Waals surface area contributed by atoms with Gasteiger partial charge in [0.05, 0.1) is 11.2 Å². The average Bonchev–Trinajstić information content (AvgIpc) is 2.86. The summed E-state index contributed by atoms with van der Waals surface area (Å²) in [5.74, 6) is 0. The van der Waals surface area contributed by atoms with Crippen molar-refractivity contribution in [1.82, 2.24) is 9.97 Å². The summed E-state index contributed by atoms with van der Waals surface area (Å²) < 4.78 is 1.06. The van der Waals surface area contributed by atoms with Crippen molar-refractivity contribution < 1.29 is 0 Å². The number of H-pyrrole nitrogens is 1. The third-order valence-corrected chi connectivity index (χ3v) is 4.02. The minimum Gasteiger partial charge on any atom is -0.353 e. The van der Waals surface area contributed by atoms with E-state index in [2.05, 4.69) is 62.3 Å². The smallest absolute Gasteiger partial charge is 0.0943 e. The predicted octanol–water partition coefficient (Wildman–Crippen LogP) is 5.15. The van der Waals surface area contributed by atoms with Crippen LogP contribution >= 0.6 is 15.9 Å². The number of fused-ring (bicyclic) bond motifs is 3. The normalized spacial score (nSPS) is 11.2. The number of hydrogen-bond donors (Lipinski definition) is 1. The summed E-state index contributed by atoms with van der Waals surface area (Å²) in [6, 6.07) is 18.6. The SMILES string of the molecule is Brc1cccc(-c2nccc3c2[nH]c2ccccc23)c1. The van der Waals surface area contributed by atoms with Gasteiger partial charge >= 0.3 is 0 Å². The predicted molar refractivity (Wildman–Crippen MR) is 86.7 cm³/mol. The molecule has 0 aliphatic carbocycles. The Hall–Kier alpha value is -2.13. The molecule has 3 heteroatoms. The number of benzene rings is 2. The molecule has 0 aliphatic heterocycles.